The second-order valence-corrected chi connectivity index (χ2v) is 7.64. The van der Waals surface area contributed by atoms with Crippen LogP contribution < -0.4 is 5.32 Å². The highest BCUT2D eigenvalue weighted by Crippen LogP contribution is 2.90. The summed E-state index contributed by atoms with van der Waals surface area (Å²) in [6, 6.07) is 0. The summed E-state index contributed by atoms with van der Waals surface area (Å²) in [6.45, 7) is 2.74. The first-order valence-corrected chi connectivity index (χ1v) is 6.95. The van der Waals surface area contributed by atoms with Gasteiger partial charge in [0.05, 0.1) is 0 Å². The first-order valence-electron chi connectivity index (χ1n) is 6.95. The number of hydrogen-bond donors (Lipinski definition) is 1. The Balaban J connectivity index is 1.76. The Bertz CT molecular complexity index is 310. The van der Waals surface area contributed by atoms with Gasteiger partial charge in [-0.25, -0.2) is 0 Å². The molecular formula is C14H21N. The highest BCUT2D eigenvalue weighted by molar-refractivity contribution is 5.34. The van der Waals surface area contributed by atoms with Crippen LogP contribution in [0.2, 0.25) is 0 Å². The topological polar surface area (TPSA) is 12.0 Å². The zero-order valence-electron chi connectivity index (χ0n) is 9.57. The van der Waals surface area contributed by atoms with Gasteiger partial charge in [0, 0.05) is 13.1 Å². The minimum absolute atomic E-state index is 0.789. The number of nitrogens with one attached hydrogen (secondary N) is 1. The van der Waals surface area contributed by atoms with Gasteiger partial charge < -0.3 is 5.32 Å². The molecule has 4 spiro atoms. The van der Waals surface area contributed by atoms with E-state index in [0.717, 1.165) is 21.7 Å². The first-order chi connectivity index (χ1) is 7.24. The predicted octanol–water partition coefficient (Wildman–Crippen LogP) is 2.71. The fourth-order valence-corrected chi connectivity index (χ4v) is 7.32. The molecule has 1 heteroatoms. The van der Waals surface area contributed by atoms with Crippen molar-refractivity contribution in [2.75, 3.05) is 13.1 Å². The van der Waals surface area contributed by atoms with E-state index in [1.165, 1.54) is 13.1 Å². The molecule has 1 saturated heterocycles. The van der Waals surface area contributed by atoms with Gasteiger partial charge in [-0.2, -0.15) is 0 Å². The third kappa shape index (κ3) is 0.574. The van der Waals surface area contributed by atoms with E-state index < -0.39 is 0 Å². The van der Waals surface area contributed by atoms with Gasteiger partial charge in [0.1, 0.15) is 0 Å². The third-order valence-electron chi connectivity index (χ3n) is 7.44. The summed E-state index contributed by atoms with van der Waals surface area (Å²) in [5.41, 5.74) is 3.29. The van der Waals surface area contributed by atoms with Gasteiger partial charge in [-0.15, -0.1) is 0 Å². The molecule has 6 fully saturated rings. The van der Waals surface area contributed by atoms with Crippen molar-refractivity contribution in [2.45, 2.75) is 51.4 Å². The summed E-state index contributed by atoms with van der Waals surface area (Å²) in [4.78, 5) is 0. The van der Waals surface area contributed by atoms with Crippen LogP contribution in [0.3, 0.4) is 0 Å². The fourth-order valence-electron chi connectivity index (χ4n) is 7.32. The van der Waals surface area contributed by atoms with E-state index in [2.05, 4.69) is 5.32 Å². The van der Waals surface area contributed by atoms with E-state index in [9.17, 15) is 0 Å². The van der Waals surface area contributed by atoms with Crippen LogP contribution >= 0.6 is 0 Å². The van der Waals surface area contributed by atoms with Gasteiger partial charge in [-0.05, 0) is 60.2 Å². The van der Waals surface area contributed by atoms with Crippen molar-refractivity contribution in [3.63, 3.8) is 0 Å². The maximum absolute atomic E-state index is 3.72. The second kappa shape index (κ2) is 1.92. The first kappa shape index (κ1) is 8.11. The van der Waals surface area contributed by atoms with Crippen molar-refractivity contribution in [2.24, 2.45) is 21.7 Å². The van der Waals surface area contributed by atoms with Crippen molar-refractivity contribution < 1.29 is 0 Å². The molecule has 0 radical (unpaired) electrons. The zero-order chi connectivity index (χ0) is 9.78. The molecule has 0 aromatic carbocycles. The molecule has 0 unspecified atom stereocenters. The third-order valence-corrected chi connectivity index (χ3v) is 7.44. The van der Waals surface area contributed by atoms with Crippen LogP contribution in [0.5, 0.6) is 0 Å². The minimum Gasteiger partial charge on any atom is -0.316 e. The lowest BCUT2D eigenvalue weighted by Crippen LogP contribution is -2.35. The van der Waals surface area contributed by atoms with Crippen molar-refractivity contribution in [3.05, 3.63) is 0 Å². The van der Waals surface area contributed by atoms with Crippen LogP contribution in [-0.4, -0.2) is 13.1 Å². The highest BCUT2D eigenvalue weighted by atomic mass is 15.0. The van der Waals surface area contributed by atoms with Gasteiger partial charge in [0.25, 0.3) is 0 Å². The normalized spacial score (nSPS) is 68.8. The molecule has 1 N–H and O–H groups in total. The van der Waals surface area contributed by atoms with Crippen molar-refractivity contribution in [1.82, 2.24) is 5.32 Å². The molecule has 0 aromatic heterocycles. The summed E-state index contributed by atoms with van der Waals surface area (Å²) in [7, 11) is 0. The molecule has 1 nitrogen and oxygen atoms in total. The summed E-state index contributed by atoms with van der Waals surface area (Å²) in [6.07, 6.45) is 12.7. The Morgan fingerprint density at radius 2 is 1.07 bits per heavy atom. The molecule has 6 aliphatic rings. The van der Waals surface area contributed by atoms with E-state index in [1.54, 1.807) is 51.4 Å². The summed E-state index contributed by atoms with van der Waals surface area (Å²) in [5.74, 6) is 0. The van der Waals surface area contributed by atoms with Crippen LogP contribution in [-0.2, 0) is 0 Å². The molecule has 1 heterocycles. The van der Waals surface area contributed by atoms with Crippen LogP contribution in [0, 0.1) is 21.7 Å². The minimum atomic E-state index is 0.789. The van der Waals surface area contributed by atoms with Crippen molar-refractivity contribution >= 4 is 0 Å². The fraction of sp³-hybridized carbons (Fsp3) is 1.00. The van der Waals surface area contributed by atoms with Gasteiger partial charge in [-0.3, -0.25) is 0 Å². The van der Waals surface area contributed by atoms with Gasteiger partial charge in [-0.1, -0.05) is 12.8 Å². The Morgan fingerprint density at radius 1 is 0.600 bits per heavy atom. The monoisotopic (exact) mass is 203 g/mol. The Morgan fingerprint density at radius 3 is 1.53 bits per heavy atom. The second-order valence-electron chi connectivity index (χ2n) is 7.64. The van der Waals surface area contributed by atoms with Crippen LogP contribution in [0.4, 0.5) is 0 Å². The Kier molecular flexibility index (Phi) is 1.04. The lowest BCUT2D eigenvalue weighted by Gasteiger charge is -2.45. The molecule has 4 bridgehead atoms. The van der Waals surface area contributed by atoms with E-state index in [-0.39, 0.29) is 0 Å². The summed E-state index contributed by atoms with van der Waals surface area (Å²) in [5, 5.41) is 3.72. The Labute approximate surface area is 92.0 Å². The molecule has 0 atom stereocenters. The molecule has 82 valence electrons. The lowest BCUT2D eigenvalue weighted by atomic mass is 9.60. The van der Waals surface area contributed by atoms with E-state index >= 15 is 0 Å². The van der Waals surface area contributed by atoms with Crippen LogP contribution in [0.15, 0.2) is 0 Å². The maximum atomic E-state index is 3.72. The van der Waals surface area contributed by atoms with Crippen LogP contribution in [0.25, 0.3) is 0 Å². The number of hydrogen-bond acceptors (Lipinski definition) is 1. The Hall–Kier alpha value is -0.0400. The maximum Gasteiger partial charge on any atom is 0.00143 e. The molecule has 1 aliphatic heterocycles. The predicted molar refractivity (Wildman–Crippen MR) is 59.5 cm³/mol. The van der Waals surface area contributed by atoms with Gasteiger partial charge >= 0.3 is 0 Å². The average molecular weight is 203 g/mol. The largest absolute Gasteiger partial charge is 0.316 e. The number of rotatable bonds is 0. The summed E-state index contributed by atoms with van der Waals surface area (Å²) >= 11 is 0. The van der Waals surface area contributed by atoms with Crippen molar-refractivity contribution in [1.29, 1.82) is 0 Å². The van der Waals surface area contributed by atoms with Crippen molar-refractivity contribution in [3.8, 4) is 0 Å². The standard InChI is InChI=1S/C14H21N/c1-2-4-12-7-13-5-11(12,3-1)6-14(13,8-12)10-15-9-13/h15H,1-10H2. The molecule has 0 amide bonds. The SMILES string of the molecule is C1CCC23CC45CNCC4(CC2(C1)C5)C3. The molecule has 0 aromatic rings. The smallest absolute Gasteiger partial charge is 0.00143 e. The van der Waals surface area contributed by atoms with Crippen LogP contribution in [0.1, 0.15) is 51.4 Å². The van der Waals surface area contributed by atoms with E-state index in [4.69, 9.17) is 0 Å². The molecule has 15 heavy (non-hydrogen) atoms. The molecule has 6 rings (SSSR count). The molecule has 5 aliphatic carbocycles. The quantitative estimate of drug-likeness (QED) is 0.638. The van der Waals surface area contributed by atoms with Gasteiger partial charge in [0.2, 0.25) is 0 Å². The van der Waals surface area contributed by atoms with E-state index in [0.29, 0.717) is 0 Å². The van der Waals surface area contributed by atoms with E-state index in [1.807, 2.05) is 0 Å². The highest BCUT2D eigenvalue weighted by Gasteiger charge is 2.83. The zero-order valence-corrected chi connectivity index (χ0v) is 9.57. The average Bonchev–Trinajstić information content (AvgIpc) is 2.82. The lowest BCUT2D eigenvalue weighted by molar-refractivity contribution is 0.0520. The summed E-state index contributed by atoms with van der Waals surface area (Å²) < 4.78 is 0. The van der Waals surface area contributed by atoms with Gasteiger partial charge in [0.15, 0.2) is 0 Å². The molecular weight excluding hydrogens is 182 g/mol. The molecule has 5 saturated carbocycles.